The maximum atomic E-state index is 12.1. The van der Waals surface area contributed by atoms with Gasteiger partial charge in [-0.2, -0.15) is 0 Å². The van der Waals surface area contributed by atoms with E-state index >= 15 is 0 Å². The van der Waals surface area contributed by atoms with Gasteiger partial charge in [-0.25, -0.2) is 0 Å². The number of nitrogens with zero attached hydrogens (tertiary/aromatic N) is 1. The Morgan fingerprint density at radius 3 is 2.85 bits per heavy atom. The SMILES string of the molecule is O=C(CC=Cc1ccccc1)NCC1SC=CN1CCc1cccc(Cl)c1. The van der Waals surface area contributed by atoms with E-state index in [-0.39, 0.29) is 11.3 Å². The molecule has 0 fully saturated rings. The van der Waals surface area contributed by atoms with Crippen LogP contribution in [0, 0.1) is 0 Å². The molecule has 1 heterocycles. The average Bonchev–Trinajstić information content (AvgIpc) is 3.13. The van der Waals surface area contributed by atoms with Gasteiger partial charge in [0.15, 0.2) is 0 Å². The minimum atomic E-state index is 0.0458. The molecule has 1 N–H and O–H groups in total. The van der Waals surface area contributed by atoms with Crippen molar-refractivity contribution < 1.29 is 4.79 Å². The Bertz CT molecular complexity index is 807. The summed E-state index contributed by atoms with van der Waals surface area (Å²) < 4.78 is 0. The first-order chi connectivity index (χ1) is 13.2. The fraction of sp³-hybridized carbons (Fsp3) is 0.227. The average molecular weight is 399 g/mol. The van der Waals surface area contributed by atoms with Crippen LogP contribution in [-0.4, -0.2) is 29.3 Å². The minimum Gasteiger partial charge on any atom is -0.363 e. The molecule has 2 aromatic rings. The minimum absolute atomic E-state index is 0.0458. The van der Waals surface area contributed by atoms with Gasteiger partial charge in [-0.1, -0.05) is 66.2 Å². The monoisotopic (exact) mass is 398 g/mol. The summed E-state index contributed by atoms with van der Waals surface area (Å²) in [5.74, 6) is 0.0458. The number of thioether (sulfide) groups is 1. The molecule has 3 nitrogen and oxygen atoms in total. The first-order valence-electron chi connectivity index (χ1n) is 9.01. The molecular formula is C22H23ClN2OS. The van der Waals surface area contributed by atoms with Crippen molar-refractivity contribution in [2.24, 2.45) is 0 Å². The highest BCUT2D eigenvalue weighted by Gasteiger charge is 2.20. The van der Waals surface area contributed by atoms with Crippen LogP contribution < -0.4 is 5.32 Å². The molecule has 1 atom stereocenters. The molecule has 5 heteroatoms. The number of benzene rings is 2. The molecule has 1 aliphatic heterocycles. The first-order valence-corrected chi connectivity index (χ1v) is 10.3. The van der Waals surface area contributed by atoms with E-state index in [2.05, 4.69) is 27.9 Å². The third-order valence-electron chi connectivity index (χ3n) is 4.29. The Balaban J connectivity index is 1.40. The van der Waals surface area contributed by atoms with Crippen LogP contribution in [0.2, 0.25) is 5.02 Å². The van der Waals surface area contributed by atoms with E-state index in [0.717, 1.165) is 23.6 Å². The topological polar surface area (TPSA) is 32.3 Å². The van der Waals surface area contributed by atoms with E-state index in [9.17, 15) is 4.79 Å². The second kappa shape index (κ2) is 10.2. The maximum Gasteiger partial charge on any atom is 0.223 e. The largest absolute Gasteiger partial charge is 0.363 e. The van der Waals surface area contributed by atoms with Crippen LogP contribution in [0.15, 0.2) is 72.3 Å². The predicted molar refractivity (Wildman–Crippen MR) is 115 cm³/mol. The summed E-state index contributed by atoms with van der Waals surface area (Å²) >= 11 is 7.79. The van der Waals surface area contributed by atoms with Crippen LogP contribution >= 0.6 is 23.4 Å². The van der Waals surface area contributed by atoms with Gasteiger partial charge in [-0.15, -0.1) is 11.8 Å². The lowest BCUT2D eigenvalue weighted by atomic mass is 10.1. The lowest BCUT2D eigenvalue weighted by molar-refractivity contribution is -0.120. The van der Waals surface area contributed by atoms with Gasteiger partial charge in [-0.3, -0.25) is 4.79 Å². The normalized spacial score (nSPS) is 16.2. The first kappa shape index (κ1) is 19.6. The molecule has 1 unspecified atom stereocenters. The zero-order valence-corrected chi connectivity index (χ0v) is 16.6. The number of amides is 1. The van der Waals surface area contributed by atoms with Crippen molar-refractivity contribution in [1.29, 1.82) is 0 Å². The highest BCUT2D eigenvalue weighted by atomic mass is 35.5. The summed E-state index contributed by atoms with van der Waals surface area (Å²) in [4.78, 5) is 14.4. The van der Waals surface area contributed by atoms with Crippen LogP contribution in [0.1, 0.15) is 17.5 Å². The number of rotatable bonds is 8. The van der Waals surface area contributed by atoms with Gasteiger partial charge in [-0.05, 0) is 35.1 Å². The fourth-order valence-corrected chi connectivity index (χ4v) is 3.98. The van der Waals surface area contributed by atoms with Gasteiger partial charge in [0.2, 0.25) is 5.91 Å². The van der Waals surface area contributed by atoms with Gasteiger partial charge in [0, 0.05) is 30.7 Å². The summed E-state index contributed by atoms with van der Waals surface area (Å²) in [6, 6.07) is 18.0. The van der Waals surface area contributed by atoms with E-state index in [1.165, 1.54) is 5.56 Å². The molecule has 0 bridgehead atoms. The van der Waals surface area contributed by atoms with Gasteiger partial charge in [0.1, 0.15) is 0 Å². The standard InChI is InChI=1S/C22H23ClN2OS/c23-20-10-4-9-19(16-20)12-13-25-14-15-27-22(25)17-24-21(26)11-5-8-18-6-2-1-3-7-18/h1-10,14-16,22H,11-13,17H2,(H,24,26). The van der Waals surface area contributed by atoms with Crippen LogP contribution in [0.5, 0.6) is 0 Å². The summed E-state index contributed by atoms with van der Waals surface area (Å²) in [5.41, 5.74) is 2.33. The molecule has 0 saturated carbocycles. The number of hydrogen-bond acceptors (Lipinski definition) is 3. The Kier molecular flexibility index (Phi) is 7.43. The molecule has 0 aromatic heterocycles. The quantitative estimate of drug-likeness (QED) is 0.682. The molecule has 1 amide bonds. The van der Waals surface area contributed by atoms with E-state index in [1.807, 2.05) is 60.7 Å². The van der Waals surface area contributed by atoms with Crippen molar-refractivity contribution in [2.45, 2.75) is 18.2 Å². The van der Waals surface area contributed by atoms with E-state index < -0.39 is 0 Å². The molecule has 3 rings (SSSR count). The van der Waals surface area contributed by atoms with E-state index in [4.69, 9.17) is 11.6 Å². The number of halogens is 1. The van der Waals surface area contributed by atoms with Gasteiger partial charge in [0.25, 0.3) is 0 Å². The van der Waals surface area contributed by atoms with E-state index in [1.54, 1.807) is 11.8 Å². The van der Waals surface area contributed by atoms with Gasteiger partial charge < -0.3 is 10.2 Å². The van der Waals surface area contributed by atoms with Crippen molar-refractivity contribution in [1.82, 2.24) is 10.2 Å². The zero-order valence-electron chi connectivity index (χ0n) is 15.1. The van der Waals surface area contributed by atoms with Crippen LogP contribution in [0.25, 0.3) is 6.08 Å². The van der Waals surface area contributed by atoms with Gasteiger partial charge >= 0.3 is 0 Å². The van der Waals surface area contributed by atoms with Gasteiger partial charge in [0.05, 0.1) is 5.37 Å². The van der Waals surface area contributed by atoms with Crippen LogP contribution in [0.3, 0.4) is 0 Å². The Morgan fingerprint density at radius 2 is 2.04 bits per heavy atom. The van der Waals surface area contributed by atoms with Crippen molar-refractivity contribution in [3.05, 3.63) is 88.4 Å². The lowest BCUT2D eigenvalue weighted by Crippen LogP contribution is -2.38. The van der Waals surface area contributed by atoms with Crippen molar-refractivity contribution in [3.63, 3.8) is 0 Å². The predicted octanol–water partition coefficient (Wildman–Crippen LogP) is 4.95. The fourth-order valence-electron chi connectivity index (χ4n) is 2.85. The molecular weight excluding hydrogens is 376 g/mol. The van der Waals surface area contributed by atoms with Crippen molar-refractivity contribution in [3.8, 4) is 0 Å². The third kappa shape index (κ3) is 6.49. The molecule has 2 aromatic carbocycles. The zero-order chi connectivity index (χ0) is 18.9. The molecule has 0 spiro atoms. The molecule has 0 radical (unpaired) electrons. The molecule has 1 aliphatic rings. The highest BCUT2D eigenvalue weighted by Crippen LogP contribution is 2.25. The number of carbonyl (C=O) groups excluding carboxylic acids is 1. The third-order valence-corrected chi connectivity index (χ3v) is 5.56. The number of carbonyl (C=O) groups is 1. The number of hydrogen-bond donors (Lipinski definition) is 1. The van der Waals surface area contributed by atoms with E-state index in [0.29, 0.717) is 13.0 Å². The van der Waals surface area contributed by atoms with Crippen LogP contribution in [-0.2, 0) is 11.2 Å². The van der Waals surface area contributed by atoms with Crippen LogP contribution in [0.4, 0.5) is 0 Å². The lowest BCUT2D eigenvalue weighted by Gasteiger charge is -2.25. The smallest absolute Gasteiger partial charge is 0.223 e. The Hall–Kier alpha value is -2.17. The summed E-state index contributed by atoms with van der Waals surface area (Å²) in [7, 11) is 0. The van der Waals surface area contributed by atoms with Crippen molar-refractivity contribution in [2.75, 3.05) is 13.1 Å². The maximum absolute atomic E-state index is 12.1. The summed E-state index contributed by atoms with van der Waals surface area (Å²) in [6.07, 6.45) is 7.30. The number of nitrogens with one attached hydrogen (secondary N) is 1. The Morgan fingerprint density at radius 1 is 1.19 bits per heavy atom. The summed E-state index contributed by atoms with van der Waals surface area (Å²) in [6.45, 7) is 1.53. The Labute approximate surface area is 170 Å². The highest BCUT2D eigenvalue weighted by molar-refractivity contribution is 8.02. The van der Waals surface area contributed by atoms with Crippen molar-refractivity contribution >= 4 is 35.3 Å². The summed E-state index contributed by atoms with van der Waals surface area (Å²) in [5, 5.41) is 6.13. The second-order valence-electron chi connectivity index (χ2n) is 6.31. The second-order valence-corrected chi connectivity index (χ2v) is 7.84. The molecule has 27 heavy (non-hydrogen) atoms. The molecule has 0 aliphatic carbocycles. The molecule has 0 saturated heterocycles. The molecule has 140 valence electrons.